The topological polar surface area (TPSA) is 66.2 Å². The van der Waals surface area contributed by atoms with E-state index in [4.69, 9.17) is 9.47 Å². The number of hydrogen-bond acceptors (Lipinski definition) is 6. The van der Waals surface area contributed by atoms with Crippen LogP contribution in [0, 0.1) is 0 Å². The van der Waals surface area contributed by atoms with E-state index in [1.54, 1.807) is 29.8 Å². The van der Waals surface area contributed by atoms with Gasteiger partial charge < -0.3 is 9.47 Å². The number of nitrogens with zero attached hydrogens (tertiary/aromatic N) is 3. The molecule has 0 N–H and O–H groups in total. The van der Waals surface area contributed by atoms with Crippen LogP contribution in [-0.4, -0.2) is 35.2 Å². The molecule has 0 unspecified atom stereocenters. The summed E-state index contributed by atoms with van der Waals surface area (Å²) in [5.74, 6) is 1.12. The van der Waals surface area contributed by atoms with E-state index < -0.39 is 6.04 Å². The molecule has 0 saturated heterocycles. The first-order chi connectivity index (χ1) is 13.2. The Hall–Kier alpha value is -2.80. The largest absolute Gasteiger partial charge is 0.497 e. The number of esters is 1. The SMILES string of the molecule is COC(=O)[C@@H](Cc1ccccc1)n1cc(CSc2cccc(OC)c2)nn1. The molecule has 0 spiro atoms. The Labute approximate surface area is 162 Å². The molecular weight excluding hydrogens is 362 g/mol. The standard InChI is InChI=1S/C20H21N3O3S/c1-25-17-9-6-10-18(12-17)27-14-16-13-23(22-21-16)19(20(24)26-2)11-15-7-4-3-5-8-15/h3-10,12-13,19H,11,14H2,1-2H3/t19-/m1/s1. The van der Waals surface area contributed by atoms with Crippen LogP contribution in [0.4, 0.5) is 0 Å². The van der Waals surface area contributed by atoms with Gasteiger partial charge in [0.2, 0.25) is 0 Å². The molecule has 0 aliphatic rings. The van der Waals surface area contributed by atoms with Crippen molar-refractivity contribution in [2.75, 3.05) is 14.2 Å². The van der Waals surface area contributed by atoms with Crippen molar-refractivity contribution in [3.63, 3.8) is 0 Å². The summed E-state index contributed by atoms with van der Waals surface area (Å²) in [7, 11) is 3.03. The van der Waals surface area contributed by atoms with Crippen LogP contribution in [0.1, 0.15) is 17.3 Å². The quantitative estimate of drug-likeness (QED) is 0.438. The maximum Gasteiger partial charge on any atom is 0.331 e. The van der Waals surface area contributed by atoms with Crippen molar-refractivity contribution in [1.82, 2.24) is 15.0 Å². The Morgan fingerprint density at radius 1 is 1.15 bits per heavy atom. The molecule has 0 aliphatic heterocycles. The highest BCUT2D eigenvalue weighted by molar-refractivity contribution is 7.98. The van der Waals surface area contributed by atoms with Crippen molar-refractivity contribution >= 4 is 17.7 Å². The fourth-order valence-corrected chi connectivity index (χ4v) is 3.46. The number of hydrogen-bond donors (Lipinski definition) is 0. The zero-order valence-electron chi connectivity index (χ0n) is 15.2. The fourth-order valence-electron chi connectivity index (χ4n) is 2.64. The molecule has 27 heavy (non-hydrogen) atoms. The number of carbonyl (C=O) groups is 1. The van der Waals surface area contributed by atoms with E-state index in [1.807, 2.05) is 54.6 Å². The number of ether oxygens (including phenoxy) is 2. The lowest BCUT2D eigenvalue weighted by atomic mass is 10.1. The van der Waals surface area contributed by atoms with Crippen LogP contribution in [0.25, 0.3) is 0 Å². The summed E-state index contributed by atoms with van der Waals surface area (Å²) in [6, 6.07) is 17.1. The van der Waals surface area contributed by atoms with Gasteiger partial charge in [-0.3, -0.25) is 0 Å². The predicted molar refractivity (Wildman–Crippen MR) is 104 cm³/mol. The third-order valence-electron chi connectivity index (χ3n) is 4.05. The van der Waals surface area contributed by atoms with Gasteiger partial charge in [0.05, 0.1) is 26.1 Å². The van der Waals surface area contributed by atoms with Gasteiger partial charge in [-0.1, -0.05) is 41.6 Å². The average molecular weight is 383 g/mol. The average Bonchev–Trinajstić information content (AvgIpc) is 3.19. The van der Waals surface area contributed by atoms with Crippen molar-refractivity contribution in [1.29, 1.82) is 0 Å². The molecular formula is C20H21N3O3S. The number of benzene rings is 2. The zero-order valence-corrected chi connectivity index (χ0v) is 16.1. The molecule has 1 heterocycles. The van der Waals surface area contributed by atoms with Crippen LogP contribution in [0.5, 0.6) is 5.75 Å². The number of methoxy groups -OCH3 is 2. The summed E-state index contributed by atoms with van der Waals surface area (Å²) in [5, 5.41) is 8.36. The van der Waals surface area contributed by atoms with Crippen LogP contribution >= 0.6 is 11.8 Å². The van der Waals surface area contributed by atoms with Gasteiger partial charge in [-0.05, 0) is 23.8 Å². The van der Waals surface area contributed by atoms with Crippen molar-refractivity contribution in [3.05, 3.63) is 72.1 Å². The molecule has 0 amide bonds. The minimum atomic E-state index is -0.541. The van der Waals surface area contributed by atoms with Crippen LogP contribution in [0.2, 0.25) is 0 Å². The fraction of sp³-hybridized carbons (Fsp3) is 0.250. The van der Waals surface area contributed by atoms with Gasteiger partial charge in [0.25, 0.3) is 0 Å². The second-order valence-electron chi connectivity index (χ2n) is 5.89. The molecule has 1 atom stereocenters. The Morgan fingerprint density at radius 2 is 1.96 bits per heavy atom. The highest BCUT2D eigenvalue weighted by Crippen LogP contribution is 2.26. The molecule has 2 aromatic carbocycles. The summed E-state index contributed by atoms with van der Waals surface area (Å²) < 4.78 is 11.8. The molecule has 3 rings (SSSR count). The van der Waals surface area contributed by atoms with Gasteiger partial charge in [0.15, 0.2) is 6.04 Å². The molecule has 7 heteroatoms. The Morgan fingerprint density at radius 3 is 2.70 bits per heavy atom. The normalized spacial score (nSPS) is 11.8. The summed E-state index contributed by atoms with van der Waals surface area (Å²) >= 11 is 1.63. The molecule has 3 aromatic rings. The summed E-state index contributed by atoms with van der Waals surface area (Å²) in [4.78, 5) is 13.3. The molecule has 0 saturated carbocycles. The summed E-state index contributed by atoms with van der Waals surface area (Å²) in [6.45, 7) is 0. The highest BCUT2D eigenvalue weighted by atomic mass is 32.2. The summed E-state index contributed by atoms with van der Waals surface area (Å²) in [5.41, 5.74) is 1.83. The lowest BCUT2D eigenvalue weighted by molar-refractivity contribution is -0.144. The van der Waals surface area contributed by atoms with Crippen molar-refractivity contribution in [3.8, 4) is 5.75 Å². The van der Waals surface area contributed by atoms with Crippen LogP contribution < -0.4 is 4.74 Å². The van der Waals surface area contributed by atoms with E-state index in [-0.39, 0.29) is 5.97 Å². The van der Waals surface area contributed by atoms with Gasteiger partial charge in [-0.25, -0.2) is 9.48 Å². The molecule has 0 aliphatic carbocycles. The minimum absolute atomic E-state index is 0.337. The first-order valence-electron chi connectivity index (χ1n) is 8.49. The van der Waals surface area contributed by atoms with E-state index in [0.717, 1.165) is 21.9 Å². The van der Waals surface area contributed by atoms with Crippen molar-refractivity contribution in [2.45, 2.75) is 23.1 Å². The van der Waals surface area contributed by atoms with Crippen LogP contribution in [0.3, 0.4) is 0 Å². The second kappa shape index (κ2) is 9.23. The molecule has 1 aromatic heterocycles. The Kier molecular flexibility index (Phi) is 6.49. The summed E-state index contributed by atoms with van der Waals surface area (Å²) in [6.07, 6.45) is 2.30. The lowest BCUT2D eigenvalue weighted by Gasteiger charge is -2.14. The smallest absolute Gasteiger partial charge is 0.331 e. The number of aromatic nitrogens is 3. The maximum atomic E-state index is 12.2. The first kappa shape index (κ1) is 19.0. The number of carbonyl (C=O) groups excluding carboxylic acids is 1. The van der Waals surface area contributed by atoms with Gasteiger partial charge >= 0.3 is 5.97 Å². The number of rotatable bonds is 8. The van der Waals surface area contributed by atoms with Gasteiger partial charge in [0, 0.05) is 17.1 Å². The molecule has 0 fully saturated rings. The van der Waals surface area contributed by atoms with Crippen LogP contribution in [-0.2, 0) is 21.7 Å². The van der Waals surface area contributed by atoms with E-state index in [1.165, 1.54) is 7.11 Å². The van der Waals surface area contributed by atoms with Gasteiger partial charge in [0.1, 0.15) is 5.75 Å². The van der Waals surface area contributed by atoms with E-state index >= 15 is 0 Å². The monoisotopic (exact) mass is 383 g/mol. The zero-order chi connectivity index (χ0) is 19.1. The highest BCUT2D eigenvalue weighted by Gasteiger charge is 2.23. The Bertz CT molecular complexity index is 883. The van der Waals surface area contributed by atoms with Crippen molar-refractivity contribution in [2.24, 2.45) is 0 Å². The molecule has 0 radical (unpaired) electrons. The first-order valence-corrected chi connectivity index (χ1v) is 9.47. The third-order valence-corrected chi connectivity index (χ3v) is 5.08. The maximum absolute atomic E-state index is 12.2. The molecule has 6 nitrogen and oxygen atoms in total. The number of thioether (sulfide) groups is 1. The molecule has 0 bridgehead atoms. The van der Waals surface area contributed by atoms with E-state index in [9.17, 15) is 4.79 Å². The van der Waals surface area contributed by atoms with Crippen molar-refractivity contribution < 1.29 is 14.3 Å². The second-order valence-corrected chi connectivity index (χ2v) is 6.93. The Balaban J connectivity index is 1.70. The minimum Gasteiger partial charge on any atom is -0.497 e. The van der Waals surface area contributed by atoms with Crippen LogP contribution in [0.15, 0.2) is 65.7 Å². The lowest BCUT2D eigenvalue weighted by Crippen LogP contribution is -2.23. The molecule has 140 valence electrons. The predicted octanol–water partition coefficient (Wildman–Crippen LogP) is 3.54. The van der Waals surface area contributed by atoms with E-state index in [0.29, 0.717) is 12.2 Å². The van der Waals surface area contributed by atoms with Gasteiger partial charge in [-0.15, -0.1) is 16.9 Å². The van der Waals surface area contributed by atoms with E-state index in [2.05, 4.69) is 10.3 Å². The third kappa shape index (κ3) is 5.10. The van der Waals surface area contributed by atoms with Gasteiger partial charge in [-0.2, -0.15) is 0 Å².